The summed E-state index contributed by atoms with van der Waals surface area (Å²) in [6.45, 7) is 11.4. The summed E-state index contributed by atoms with van der Waals surface area (Å²) in [4.78, 5) is 32.0. The third-order valence-corrected chi connectivity index (χ3v) is 6.65. The third kappa shape index (κ3) is 5.97. The lowest BCUT2D eigenvalue weighted by Gasteiger charge is -2.39. The number of amides is 3. The molecule has 1 saturated heterocycles. The van der Waals surface area contributed by atoms with Gasteiger partial charge in [0.05, 0.1) is 0 Å². The van der Waals surface area contributed by atoms with Crippen LogP contribution in [0.1, 0.15) is 52.0 Å². The lowest BCUT2D eigenvalue weighted by Crippen LogP contribution is -2.53. The van der Waals surface area contributed by atoms with Crippen molar-refractivity contribution in [2.45, 2.75) is 65.1 Å². The molecule has 3 amide bonds. The standard InChI is InChI=1S/C24H38N4O2/c1-4-26(18-20-8-6-5-7-9-20)24(30)25-22-12-10-21(11-13-22)23(29)28-16-14-27(15-17-28)19(2)3/h5-9,19,21-22H,4,10-18H2,1-3H3,(H,25,30). The van der Waals surface area contributed by atoms with Crippen molar-refractivity contribution in [1.82, 2.24) is 20.0 Å². The average Bonchev–Trinajstić information content (AvgIpc) is 2.78. The second kappa shape index (κ2) is 10.8. The molecule has 3 rings (SSSR count). The maximum Gasteiger partial charge on any atom is 0.317 e. The van der Waals surface area contributed by atoms with Gasteiger partial charge in [0.2, 0.25) is 5.91 Å². The zero-order chi connectivity index (χ0) is 21.5. The number of hydrogen-bond acceptors (Lipinski definition) is 3. The van der Waals surface area contributed by atoms with Gasteiger partial charge in [-0.25, -0.2) is 4.79 Å². The molecule has 2 fully saturated rings. The average molecular weight is 415 g/mol. The predicted octanol–water partition coefficient (Wildman–Crippen LogP) is 3.33. The Morgan fingerprint density at radius 3 is 2.23 bits per heavy atom. The van der Waals surface area contributed by atoms with Crippen molar-refractivity contribution in [3.63, 3.8) is 0 Å². The molecule has 1 saturated carbocycles. The van der Waals surface area contributed by atoms with Gasteiger partial charge in [0.1, 0.15) is 0 Å². The lowest BCUT2D eigenvalue weighted by atomic mass is 9.85. The number of urea groups is 1. The van der Waals surface area contributed by atoms with E-state index in [4.69, 9.17) is 0 Å². The van der Waals surface area contributed by atoms with Crippen molar-refractivity contribution < 1.29 is 9.59 Å². The number of benzene rings is 1. The minimum Gasteiger partial charge on any atom is -0.340 e. The quantitative estimate of drug-likeness (QED) is 0.777. The van der Waals surface area contributed by atoms with Crippen molar-refractivity contribution in [2.24, 2.45) is 5.92 Å². The SMILES string of the molecule is CCN(Cc1ccccc1)C(=O)NC1CCC(C(=O)N2CCN(C(C)C)CC2)CC1. The molecule has 1 heterocycles. The summed E-state index contributed by atoms with van der Waals surface area (Å²) in [6, 6.07) is 10.8. The van der Waals surface area contributed by atoms with E-state index in [1.807, 2.05) is 42.2 Å². The topological polar surface area (TPSA) is 55.9 Å². The highest BCUT2D eigenvalue weighted by Gasteiger charge is 2.32. The zero-order valence-corrected chi connectivity index (χ0v) is 18.8. The van der Waals surface area contributed by atoms with E-state index in [9.17, 15) is 9.59 Å². The molecule has 0 radical (unpaired) electrons. The Morgan fingerprint density at radius 2 is 1.67 bits per heavy atom. The molecule has 0 atom stereocenters. The van der Waals surface area contributed by atoms with Gasteiger partial charge in [0.25, 0.3) is 0 Å². The molecule has 0 aromatic heterocycles. The second-order valence-electron chi connectivity index (χ2n) is 8.95. The Hall–Kier alpha value is -2.08. The van der Waals surface area contributed by atoms with Crippen LogP contribution >= 0.6 is 0 Å². The van der Waals surface area contributed by atoms with Crippen LogP contribution in [0.2, 0.25) is 0 Å². The van der Waals surface area contributed by atoms with E-state index in [1.165, 1.54) is 0 Å². The summed E-state index contributed by atoms with van der Waals surface area (Å²) in [5.41, 5.74) is 1.14. The van der Waals surface area contributed by atoms with Crippen molar-refractivity contribution in [3.8, 4) is 0 Å². The van der Waals surface area contributed by atoms with Crippen LogP contribution < -0.4 is 5.32 Å². The highest BCUT2D eigenvalue weighted by atomic mass is 16.2. The van der Waals surface area contributed by atoms with Crippen LogP contribution in [0.15, 0.2) is 30.3 Å². The fourth-order valence-corrected chi connectivity index (χ4v) is 4.60. The van der Waals surface area contributed by atoms with Crippen LogP contribution in [0.4, 0.5) is 4.79 Å². The van der Waals surface area contributed by atoms with Gasteiger partial charge < -0.3 is 15.1 Å². The number of piperazine rings is 1. The zero-order valence-electron chi connectivity index (χ0n) is 18.8. The summed E-state index contributed by atoms with van der Waals surface area (Å²) in [6.07, 6.45) is 3.52. The smallest absolute Gasteiger partial charge is 0.317 e. The summed E-state index contributed by atoms with van der Waals surface area (Å²) in [7, 11) is 0. The molecule has 2 aliphatic rings. The molecule has 0 bridgehead atoms. The van der Waals surface area contributed by atoms with Crippen molar-refractivity contribution in [3.05, 3.63) is 35.9 Å². The Kier molecular flexibility index (Phi) is 8.14. The van der Waals surface area contributed by atoms with E-state index in [0.29, 0.717) is 25.0 Å². The normalized spacial score (nSPS) is 22.7. The summed E-state index contributed by atoms with van der Waals surface area (Å²) in [5, 5.41) is 3.20. The van der Waals surface area contributed by atoms with Crippen LogP contribution in [0.5, 0.6) is 0 Å². The van der Waals surface area contributed by atoms with E-state index >= 15 is 0 Å². The lowest BCUT2D eigenvalue weighted by molar-refractivity contribution is -0.138. The molecule has 6 nitrogen and oxygen atoms in total. The molecule has 30 heavy (non-hydrogen) atoms. The highest BCUT2D eigenvalue weighted by molar-refractivity contribution is 5.79. The molecular formula is C24H38N4O2. The van der Waals surface area contributed by atoms with Crippen molar-refractivity contribution in [1.29, 1.82) is 0 Å². The van der Waals surface area contributed by atoms with Crippen molar-refractivity contribution >= 4 is 11.9 Å². The molecule has 1 aliphatic carbocycles. The third-order valence-electron chi connectivity index (χ3n) is 6.65. The molecular weight excluding hydrogens is 376 g/mol. The van der Waals surface area contributed by atoms with Gasteiger partial charge in [0.15, 0.2) is 0 Å². The first-order valence-corrected chi connectivity index (χ1v) is 11.6. The number of carbonyl (C=O) groups is 2. The van der Waals surface area contributed by atoms with Crippen LogP contribution in [0, 0.1) is 5.92 Å². The molecule has 0 unspecified atom stereocenters. The van der Waals surface area contributed by atoms with Crippen molar-refractivity contribution in [2.75, 3.05) is 32.7 Å². The van der Waals surface area contributed by atoms with Gasteiger partial charge in [-0.15, -0.1) is 0 Å². The largest absolute Gasteiger partial charge is 0.340 e. The highest BCUT2D eigenvalue weighted by Crippen LogP contribution is 2.27. The van der Waals surface area contributed by atoms with E-state index in [-0.39, 0.29) is 18.0 Å². The van der Waals surface area contributed by atoms with E-state index in [1.54, 1.807) is 0 Å². The molecule has 6 heteroatoms. The molecule has 1 N–H and O–H groups in total. The molecule has 1 aliphatic heterocycles. The molecule has 166 valence electrons. The van der Waals surface area contributed by atoms with Gasteiger partial charge in [-0.1, -0.05) is 30.3 Å². The molecule has 1 aromatic carbocycles. The van der Waals surface area contributed by atoms with E-state index in [2.05, 4.69) is 29.0 Å². The fourth-order valence-electron chi connectivity index (χ4n) is 4.60. The van der Waals surface area contributed by atoms with Crippen LogP contribution in [0.3, 0.4) is 0 Å². The minimum atomic E-state index is 0.000868. The second-order valence-corrected chi connectivity index (χ2v) is 8.95. The van der Waals surface area contributed by atoms with E-state index in [0.717, 1.165) is 57.4 Å². The number of nitrogens with one attached hydrogen (secondary N) is 1. The number of nitrogens with zero attached hydrogens (tertiary/aromatic N) is 3. The Bertz CT molecular complexity index is 678. The van der Waals surface area contributed by atoms with Gasteiger partial charge >= 0.3 is 6.03 Å². The van der Waals surface area contributed by atoms with Gasteiger partial charge in [-0.3, -0.25) is 9.69 Å². The first-order valence-electron chi connectivity index (χ1n) is 11.6. The first-order chi connectivity index (χ1) is 14.5. The summed E-state index contributed by atoms with van der Waals surface area (Å²) < 4.78 is 0. The van der Waals surface area contributed by atoms with Gasteiger partial charge in [-0.05, 0) is 52.0 Å². The number of rotatable bonds is 6. The van der Waals surface area contributed by atoms with Gasteiger partial charge in [0, 0.05) is 57.3 Å². The van der Waals surface area contributed by atoms with Crippen LogP contribution in [0.25, 0.3) is 0 Å². The summed E-state index contributed by atoms with van der Waals surface area (Å²) in [5.74, 6) is 0.442. The maximum atomic E-state index is 12.9. The van der Waals surface area contributed by atoms with Crippen LogP contribution in [-0.4, -0.2) is 71.4 Å². The Balaban J connectivity index is 1.42. The molecule has 0 spiro atoms. The first kappa shape index (κ1) is 22.6. The fraction of sp³-hybridized carbons (Fsp3) is 0.667. The molecule has 1 aromatic rings. The Labute approximate surface area is 181 Å². The van der Waals surface area contributed by atoms with E-state index < -0.39 is 0 Å². The maximum absolute atomic E-state index is 12.9. The predicted molar refractivity (Wildman–Crippen MR) is 120 cm³/mol. The number of carbonyl (C=O) groups excluding carboxylic acids is 2. The Morgan fingerprint density at radius 1 is 1.03 bits per heavy atom. The van der Waals surface area contributed by atoms with Gasteiger partial charge in [-0.2, -0.15) is 0 Å². The number of hydrogen-bond donors (Lipinski definition) is 1. The monoisotopic (exact) mass is 414 g/mol. The summed E-state index contributed by atoms with van der Waals surface area (Å²) >= 11 is 0. The van der Waals surface area contributed by atoms with Crippen LogP contribution in [-0.2, 0) is 11.3 Å². The minimum absolute atomic E-state index is 0.000868.